The first-order valence-electron chi connectivity index (χ1n) is 5.43. The molecule has 2 heteroatoms. The molecule has 1 aliphatic rings. The molecule has 0 spiro atoms. The summed E-state index contributed by atoms with van der Waals surface area (Å²) in [6, 6.07) is 11.7. The first kappa shape index (κ1) is 9.28. The quantitative estimate of drug-likeness (QED) is 0.667. The monoisotopic (exact) mass is 209 g/mol. The minimum absolute atomic E-state index is 0.0590. The van der Waals surface area contributed by atoms with Gasteiger partial charge >= 0.3 is 0 Å². The molecule has 3 rings (SSSR count). The molecule has 1 aromatic carbocycles. The lowest BCUT2D eigenvalue weighted by Crippen LogP contribution is -2.06. The van der Waals surface area contributed by atoms with E-state index in [1.54, 1.807) is 6.20 Å². The minimum atomic E-state index is 0.0590. The van der Waals surface area contributed by atoms with Crippen molar-refractivity contribution in [2.45, 2.75) is 12.8 Å². The summed E-state index contributed by atoms with van der Waals surface area (Å²) in [6.45, 7) is 0. The van der Waals surface area contributed by atoms with Crippen LogP contribution in [0.4, 0.5) is 0 Å². The number of hydrogen-bond donors (Lipinski definition) is 0. The molecule has 0 N–H and O–H groups in total. The van der Waals surface area contributed by atoms with Crippen LogP contribution in [-0.4, -0.2) is 10.8 Å². The second kappa shape index (κ2) is 3.56. The number of hydrogen-bond acceptors (Lipinski definition) is 2. The van der Waals surface area contributed by atoms with Gasteiger partial charge in [0, 0.05) is 11.8 Å². The highest BCUT2D eigenvalue weighted by Gasteiger charge is 2.21. The van der Waals surface area contributed by atoms with Crippen molar-refractivity contribution in [3.05, 3.63) is 65.0 Å². The molecule has 78 valence electrons. The van der Waals surface area contributed by atoms with Crippen LogP contribution in [0.3, 0.4) is 0 Å². The van der Waals surface area contributed by atoms with E-state index in [0.29, 0.717) is 5.69 Å². The van der Waals surface area contributed by atoms with Gasteiger partial charge in [-0.05, 0) is 30.0 Å². The van der Waals surface area contributed by atoms with Gasteiger partial charge in [0.25, 0.3) is 0 Å². The average molecular weight is 209 g/mol. The Morgan fingerprint density at radius 2 is 1.69 bits per heavy atom. The van der Waals surface area contributed by atoms with Crippen molar-refractivity contribution < 1.29 is 4.79 Å². The first-order chi connectivity index (χ1) is 7.86. The predicted molar refractivity (Wildman–Crippen MR) is 61.5 cm³/mol. The lowest BCUT2D eigenvalue weighted by atomic mass is 10.0. The molecule has 2 aromatic rings. The Morgan fingerprint density at radius 3 is 2.62 bits per heavy atom. The second-order valence-electron chi connectivity index (χ2n) is 4.00. The van der Waals surface area contributed by atoms with Crippen molar-refractivity contribution in [3.8, 4) is 0 Å². The molecule has 0 aliphatic heterocycles. The van der Waals surface area contributed by atoms with Crippen molar-refractivity contribution in [2.75, 3.05) is 0 Å². The molecule has 0 radical (unpaired) electrons. The van der Waals surface area contributed by atoms with Crippen LogP contribution in [0.15, 0.2) is 42.6 Å². The van der Waals surface area contributed by atoms with Gasteiger partial charge in [0.15, 0.2) is 0 Å². The summed E-state index contributed by atoms with van der Waals surface area (Å²) in [6.07, 6.45) is 3.50. The summed E-state index contributed by atoms with van der Waals surface area (Å²) in [7, 11) is 0. The number of fused-ring (bicyclic) bond motifs is 2. The summed E-state index contributed by atoms with van der Waals surface area (Å²) in [5.41, 5.74) is 3.61. The first-order valence-corrected chi connectivity index (χ1v) is 5.43. The SMILES string of the molecule is O=C1c2ccccc2CCc2cccnc21. The molecular weight excluding hydrogens is 198 g/mol. The molecule has 0 amide bonds. The van der Waals surface area contributed by atoms with Gasteiger partial charge in [0.2, 0.25) is 5.78 Å². The summed E-state index contributed by atoms with van der Waals surface area (Å²) >= 11 is 0. The number of carbonyl (C=O) groups excluding carboxylic acids is 1. The summed E-state index contributed by atoms with van der Waals surface area (Å²) in [4.78, 5) is 16.5. The van der Waals surface area contributed by atoms with Crippen molar-refractivity contribution in [1.82, 2.24) is 4.98 Å². The minimum Gasteiger partial charge on any atom is -0.287 e. The Balaban J connectivity index is 2.22. The molecule has 1 aromatic heterocycles. The Bertz CT molecular complexity index is 511. The van der Waals surface area contributed by atoms with E-state index in [9.17, 15) is 4.79 Å². The van der Waals surface area contributed by atoms with Crippen molar-refractivity contribution in [3.63, 3.8) is 0 Å². The van der Waals surface area contributed by atoms with E-state index in [-0.39, 0.29) is 5.78 Å². The largest absolute Gasteiger partial charge is 0.287 e. The van der Waals surface area contributed by atoms with E-state index in [2.05, 4.69) is 4.98 Å². The Kier molecular flexibility index (Phi) is 2.07. The number of carbonyl (C=O) groups is 1. The van der Waals surface area contributed by atoms with Crippen molar-refractivity contribution in [1.29, 1.82) is 0 Å². The fraction of sp³-hybridized carbons (Fsp3) is 0.143. The lowest BCUT2D eigenvalue weighted by molar-refractivity contribution is 0.103. The number of nitrogens with zero attached hydrogens (tertiary/aromatic N) is 1. The average Bonchev–Trinajstić information content (AvgIpc) is 2.49. The number of ketones is 1. The van der Waals surface area contributed by atoms with Gasteiger partial charge in [0.05, 0.1) is 0 Å². The molecule has 0 saturated carbocycles. The van der Waals surface area contributed by atoms with E-state index < -0.39 is 0 Å². The van der Waals surface area contributed by atoms with Crippen LogP contribution >= 0.6 is 0 Å². The van der Waals surface area contributed by atoms with E-state index in [4.69, 9.17) is 0 Å². The zero-order valence-corrected chi connectivity index (χ0v) is 8.81. The lowest BCUT2D eigenvalue weighted by Gasteiger charge is -2.02. The van der Waals surface area contributed by atoms with Crippen LogP contribution in [0.1, 0.15) is 27.2 Å². The molecular formula is C14H11NO. The van der Waals surface area contributed by atoms with Crippen LogP contribution in [0.5, 0.6) is 0 Å². The van der Waals surface area contributed by atoms with Crippen LogP contribution in [0.2, 0.25) is 0 Å². The molecule has 16 heavy (non-hydrogen) atoms. The summed E-state index contributed by atoms with van der Waals surface area (Å²) in [5.74, 6) is 0.0590. The fourth-order valence-electron chi connectivity index (χ4n) is 2.20. The molecule has 0 fully saturated rings. The zero-order chi connectivity index (χ0) is 11.0. The molecule has 1 aliphatic carbocycles. The highest BCUT2D eigenvalue weighted by molar-refractivity contribution is 6.09. The van der Waals surface area contributed by atoms with Gasteiger partial charge in [-0.25, -0.2) is 0 Å². The molecule has 0 atom stereocenters. The standard InChI is InChI=1S/C14H11NO/c16-14-12-6-2-1-4-10(12)7-8-11-5-3-9-15-13(11)14/h1-6,9H,7-8H2. The predicted octanol–water partition coefficient (Wildman–Crippen LogP) is 2.41. The number of rotatable bonds is 0. The third-order valence-electron chi connectivity index (χ3n) is 3.03. The van der Waals surface area contributed by atoms with Gasteiger partial charge in [-0.1, -0.05) is 30.3 Å². The Hall–Kier alpha value is -1.96. The third kappa shape index (κ3) is 1.34. The molecule has 1 heterocycles. The van der Waals surface area contributed by atoms with Crippen LogP contribution in [0, 0.1) is 0 Å². The second-order valence-corrected chi connectivity index (χ2v) is 4.00. The van der Waals surface area contributed by atoms with Crippen LogP contribution in [-0.2, 0) is 12.8 Å². The van der Waals surface area contributed by atoms with Crippen molar-refractivity contribution in [2.24, 2.45) is 0 Å². The molecule has 2 nitrogen and oxygen atoms in total. The molecule has 0 saturated heterocycles. The number of aromatic nitrogens is 1. The van der Waals surface area contributed by atoms with E-state index in [1.807, 2.05) is 36.4 Å². The van der Waals surface area contributed by atoms with Gasteiger partial charge in [-0.3, -0.25) is 9.78 Å². The smallest absolute Gasteiger partial charge is 0.211 e. The zero-order valence-electron chi connectivity index (χ0n) is 8.81. The van der Waals surface area contributed by atoms with E-state index >= 15 is 0 Å². The van der Waals surface area contributed by atoms with E-state index in [0.717, 1.165) is 29.5 Å². The fourth-order valence-corrected chi connectivity index (χ4v) is 2.20. The van der Waals surface area contributed by atoms with Crippen LogP contribution < -0.4 is 0 Å². The molecule has 0 bridgehead atoms. The Morgan fingerprint density at radius 1 is 0.938 bits per heavy atom. The number of pyridine rings is 1. The van der Waals surface area contributed by atoms with Gasteiger partial charge in [-0.2, -0.15) is 0 Å². The number of aryl methyl sites for hydroxylation is 2. The number of benzene rings is 1. The van der Waals surface area contributed by atoms with E-state index in [1.165, 1.54) is 0 Å². The molecule has 0 unspecified atom stereocenters. The summed E-state index contributed by atoms with van der Waals surface area (Å²) < 4.78 is 0. The highest BCUT2D eigenvalue weighted by atomic mass is 16.1. The third-order valence-corrected chi connectivity index (χ3v) is 3.03. The summed E-state index contributed by atoms with van der Waals surface area (Å²) in [5, 5.41) is 0. The topological polar surface area (TPSA) is 30.0 Å². The maximum absolute atomic E-state index is 12.3. The van der Waals surface area contributed by atoms with Gasteiger partial charge < -0.3 is 0 Å². The van der Waals surface area contributed by atoms with Gasteiger partial charge in [0.1, 0.15) is 5.69 Å². The normalized spacial score (nSPS) is 13.9. The van der Waals surface area contributed by atoms with Crippen molar-refractivity contribution >= 4 is 5.78 Å². The maximum Gasteiger partial charge on any atom is 0.211 e. The van der Waals surface area contributed by atoms with Crippen LogP contribution in [0.25, 0.3) is 0 Å². The maximum atomic E-state index is 12.3. The Labute approximate surface area is 94.0 Å². The highest BCUT2D eigenvalue weighted by Crippen LogP contribution is 2.22. The van der Waals surface area contributed by atoms with Gasteiger partial charge in [-0.15, -0.1) is 0 Å².